The Morgan fingerprint density at radius 3 is 3.23 bits per heavy atom. The summed E-state index contributed by atoms with van der Waals surface area (Å²) < 4.78 is 1.87. The molecule has 0 aromatic carbocycles. The SMILES string of the molecule is NCC#Cc1cnc2cnccn12. The number of rotatable bonds is 0. The van der Waals surface area contributed by atoms with E-state index in [1.165, 1.54) is 0 Å². The maximum absolute atomic E-state index is 5.27. The molecule has 2 aromatic rings. The van der Waals surface area contributed by atoms with Gasteiger partial charge >= 0.3 is 0 Å². The van der Waals surface area contributed by atoms with Crippen molar-refractivity contribution in [1.29, 1.82) is 0 Å². The topological polar surface area (TPSA) is 56.2 Å². The van der Waals surface area contributed by atoms with Crippen molar-refractivity contribution >= 4 is 5.65 Å². The first-order chi connectivity index (χ1) is 6.42. The molecule has 2 aromatic heterocycles. The van der Waals surface area contributed by atoms with Crippen molar-refractivity contribution in [1.82, 2.24) is 14.4 Å². The quantitative estimate of drug-likeness (QED) is 0.571. The molecule has 0 atom stereocenters. The third-order valence-electron chi connectivity index (χ3n) is 1.64. The summed E-state index contributed by atoms with van der Waals surface area (Å²) in [7, 11) is 0. The van der Waals surface area contributed by atoms with Gasteiger partial charge in [0.1, 0.15) is 5.69 Å². The molecule has 0 aliphatic heterocycles. The molecular weight excluding hydrogens is 164 g/mol. The number of nitrogens with zero attached hydrogens (tertiary/aromatic N) is 3. The predicted octanol–water partition coefficient (Wildman–Crippen LogP) is 0.0395. The van der Waals surface area contributed by atoms with Gasteiger partial charge in [-0.1, -0.05) is 5.92 Å². The number of nitrogens with two attached hydrogens (primary N) is 1. The Morgan fingerprint density at radius 2 is 2.38 bits per heavy atom. The molecule has 4 heteroatoms. The van der Waals surface area contributed by atoms with E-state index in [-0.39, 0.29) is 0 Å². The standard InChI is InChI=1S/C9H8N4/c10-3-1-2-8-6-12-9-7-11-4-5-13(8)9/h4-7H,3,10H2. The molecule has 2 rings (SSSR count). The van der Waals surface area contributed by atoms with Gasteiger partial charge in [0.15, 0.2) is 5.65 Å². The Kier molecular flexibility index (Phi) is 1.94. The predicted molar refractivity (Wildman–Crippen MR) is 48.9 cm³/mol. The van der Waals surface area contributed by atoms with E-state index in [2.05, 4.69) is 21.8 Å². The second-order valence-electron chi connectivity index (χ2n) is 2.45. The van der Waals surface area contributed by atoms with Gasteiger partial charge in [0, 0.05) is 12.4 Å². The number of hydrogen-bond acceptors (Lipinski definition) is 3. The molecule has 0 fully saturated rings. The molecule has 0 amide bonds. The monoisotopic (exact) mass is 172 g/mol. The largest absolute Gasteiger partial charge is 0.320 e. The average molecular weight is 172 g/mol. The summed E-state index contributed by atoms with van der Waals surface area (Å²) >= 11 is 0. The molecule has 0 radical (unpaired) electrons. The van der Waals surface area contributed by atoms with Crippen LogP contribution in [0.15, 0.2) is 24.8 Å². The van der Waals surface area contributed by atoms with Crippen molar-refractivity contribution in [3.05, 3.63) is 30.5 Å². The molecular formula is C9H8N4. The maximum Gasteiger partial charge on any atom is 0.156 e. The first-order valence-corrected chi connectivity index (χ1v) is 3.88. The zero-order valence-electron chi connectivity index (χ0n) is 6.94. The van der Waals surface area contributed by atoms with Crippen molar-refractivity contribution in [3.63, 3.8) is 0 Å². The van der Waals surface area contributed by atoms with Crippen LogP contribution in [0.25, 0.3) is 5.65 Å². The van der Waals surface area contributed by atoms with Crippen LogP contribution in [0.1, 0.15) is 5.69 Å². The summed E-state index contributed by atoms with van der Waals surface area (Å²) in [6.07, 6.45) is 6.92. The van der Waals surface area contributed by atoms with Gasteiger partial charge in [-0.05, 0) is 5.92 Å². The van der Waals surface area contributed by atoms with Crippen LogP contribution < -0.4 is 5.73 Å². The Hall–Kier alpha value is -1.86. The fourth-order valence-corrected chi connectivity index (χ4v) is 1.08. The summed E-state index contributed by atoms with van der Waals surface area (Å²) in [5.41, 5.74) is 6.90. The van der Waals surface area contributed by atoms with E-state index in [4.69, 9.17) is 5.73 Å². The van der Waals surface area contributed by atoms with E-state index in [0.717, 1.165) is 11.3 Å². The molecule has 13 heavy (non-hydrogen) atoms. The van der Waals surface area contributed by atoms with Gasteiger partial charge in [-0.3, -0.25) is 9.38 Å². The minimum atomic E-state index is 0.359. The lowest BCUT2D eigenvalue weighted by molar-refractivity contribution is 1.11. The van der Waals surface area contributed by atoms with E-state index >= 15 is 0 Å². The molecule has 0 saturated heterocycles. The maximum atomic E-state index is 5.27. The number of fused-ring (bicyclic) bond motifs is 1. The van der Waals surface area contributed by atoms with Gasteiger partial charge in [-0.15, -0.1) is 0 Å². The first-order valence-electron chi connectivity index (χ1n) is 3.88. The number of aromatic nitrogens is 3. The molecule has 4 nitrogen and oxygen atoms in total. The van der Waals surface area contributed by atoms with E-state index in [0.29, 0.717) is 6.54 Å². The van der Waals surface area contributed by atoms with Crippen molar-refractivity contribution < 1.29 is 0 Å². The summed E-state index contributed by atoms with van der Waals surface area (Å²) in [5.74, 6) is 5.70. The lowest BCUT2D eigenvalue weighted by Gasteiger charge is -1.91. The second kappa shape index (κ2) is 3.25. The van der Waals surface area contributed by atoms with Crippen molar-refractivity contribution in [2.24, 2.45) is 5.73 Å². The molecule has 64 valence electrons. The molecule has 2 heterocycles. The van der Waals surface area contributed by atoms with E-state index in [1.807, 2.05) is 10.6 Å². The van der Waals surface area contributed by atoms with Gasteiger partial charge in [-0.25, -0.2) is 4.98 Å². The van der Waals surface area contributed by atoms with Crippen LogP contribution in [0.3, 0.4) is 0 Å². The first kappa shape index (κ1) is 7.77. The van der Waals surface area contributed by atoms with Crippen LogP contribution in [-0.4, -0.2) is 20.9 Å². The minimum Gasteiger partial charge on any atom is -0.320 e. The van der Waals surface area contributed by atoms with E-state index < -0.39 is 0 Å². The highest BCUT2D eigenvalue weighted by Crippen LogP contribution is 2.02. The van der Waals surface area contributed by atoms with Crippen LogP contribution in [0.5, 0.6) is 0 Å². The molecule has 2 N–H and O–H groups in total. The highest BCUT2D eigenvalue weighted by Gasteiger charge is 1.97. The van der Waals surface area contributed by atoms with Crippen LogP contribution in [0.4, 0.5) is 0 Å². The molecule has 0 bridgehead atoms. The summed E-state index contributed by atoms with van der Waals surface area (Å²) in [6, 6.07) is 0. The Morgan fingerprint density at radius 1 is 1.46 bits per heavy atom. The van der Waals surface area contributed by atoms with E-state index in [1.54, 1.807) is 18.6 Å². The highest BCUT2D eigenvalue weighted by atomic mass is 15.0. The molecule has 0 spiro atoms. The lowest BCUT2D eigenvalue weighted by atomic mass is 10.4. The van der Waals surface area contributed by atoms with E-state index in [9.17, 15) is 0 Å². The fourth-order valence-electron chi connectivity index (χ4n) is 1.08. The number of imidazole rings is 1. The van der Waals surface area contributed by atoms with Gasteiger partial charge in [0.2, 0.25) is 0 Å². The summed E-state index contributed by atoms with van der Waals surface area (Å²) in [5, 5.41) is 0. The summed E-state index contributed by atoms with van der Waals surface area (Å²) in [6.45, 7) is 0.359. The zero-order valence-corrected chi connectivity index (χ0v) is 6.94. The smallest absolute Gasteiger partial charge is 0.156 e. The van der Waals surface area contributed by atoms with Crippen molar-refractivity contribution in [2.75, 3.05) is 6.54 Å². The van der Waals surface area contributed by atoms with Crippen LogP contribution in [0, 0.1) is 11.8 Å². The molecule has 0 aliphatic carbocycles. The molecule has 0 unspecified atom stereocenters. The normalized spacial score (nSPS) is 9.62. The van der Waals surface area contributed by atoms with Gasteiger partial charge in [0.05, 0.1) is 18.9 Å². The van der Waals surface area contributed by atoms with Crippen LogP contribution >= 0.6 is 0 Å². The lowest BCUT2D eigenvalue weighted by Crippen LogP contribution is -1.94. The van der Waals surface area contributed by atoms with Crippen molar-refractivity contribution in [2.45, 2.75) is 0 Å². The zero-order chi connectivity index (χ0) is 9.10. The van der Waals surface area contributed by atoms with Crippen LogP contribution in [0.2, 0.25) is 0 Å². The van der Waals surface area contributed by atoms with Gasteiger partial charge < -0.3 is 5.73 Å². The van der Waals surface area contributed by atoms with Crippen LogP contribution in [-0.2, 0) is 0 Å². The Bertz CT molecular complexity index is 475. The third-order valence-corrected chi connectivity index (χ3v) is 1.64. The molecule has 0 saturated carbocycles. The fraction of sp³-hybridized carbons (Fsp3) is 0.111. The van der Waals surface area contributed by atoms with Crippen molar-refractivity contribution in [3.8, 4) is 11.8 Å². The average Bonchev–Trinajstić information content (AvgIpc) is 2.58. The summed E-state index contributed by atoms with van der Waals surface area (Å²) in [4.78, 5) is 8.08. The number of hydrogen-bond donors (Lipinski definition) is 1. The Labute approximate surface area is 75.4 Å². The molecule has 0 aliphatic rings. The highest BCUT2D eigenvalue weighted by molar-refractivity contribution is 5.42. The second-order valence-corrected chi connectivity index (χ2v) is 2.45. The van der Waals surface area contributed by atoms with Gasteiger partial charge in [-0.2, -0.15) is 0 Å². The van der Waals surface area contributed by atoms with Gasteiger partial charge in [0.25, 0.3) is 0 Å². The minimum absolute atomic E-state index is 0.359. The third kappa shape index (κ3) is 1.37. The Balaban J connectivity index is 2.58.